The Labute approximate surface area is 186 Å². The molecule has 2 aromatic rings. The van der Waals surface area contributed by atoms with Crippen LogP contribution < -0.4 is 19.5 Å². The Morgan fingerprint density at radius 3 is 2.50 bits per heavy atom. The van der Waals surface area contributed by atoms with Gasteiger partial charge in [-0.05, 0) is 49.2 Å². The highest BCUT2D eigenvalue weighted by Gasteiger charge is 2.30. The zero-order valence-electron chi connectivity index (χ0n) is 17.3. The molecule has 0 radical (unpaired) electrons. The van der Waals surface area contributed by atoms with E-state index >= 15 is 0 Å². The zero-order chi connectivity index (χ0) is 22.9. The number of sulfonamides is 2. The molecule has 0 spiro atoms. The summed E-state index contributed by atoms with van der Waals surface area (Å²) < 4.78 is 66.4. The van der Waals surface area contributed by atoms with Gasteiger partial charge in [0, 0.05) is 13.1 Å². The molecule has 2 N–H and O–H groups in total. The molecule has 12 heteroatoms. The normalized spacial score (nSPS) is 17.1. The third-order valence-electron chi connectivity index (χ3n) is 5.24. The van der Waals surface area contributed by atoms with Crippen molar-refractivity contribution in [2.75, 3.05) is 36.8 Å². The number of rotatable bonds is 6. The fraction of sp³-hybridized carbons (Fsp3) is 0.350. The van der Waals surface area contributed by atoms with Crippen molar-refractivity contribution in [1.82, 2.24) is 4.31 Å². The first-order chi connectivity index (χ1) is 15.2. The minimum atomic E-state index is -4.08. The first-order valence-corrected chi connectivity index (χ1v) is 12.9. The first kappa shape index (κ1) is 22.4. The summed E-state index contributed by atoms with van der Waals surface area (Å²) in [4.78, 5) is 11.3. The van der Waals surface area contributed by atoms with Crippen molar-refractivity contribution < 1.29 is 31.1 Å². The van der Waals surface area contributed by atoms with Gasteiger partial charge in [0.05, 0.1) is 23.4 Å². The Hall–Kier alpha value is -2.83. The molecule has 10 nitrogen and oxygen atoms in total. The van der Waals surface area contributed by atoms with E-state index in [4.69, 9.17) is 9.47 Å². The van der Waals surface area contributed by atoms with Crippen LogP contribution in [0.3, 0.4) is 0 Å². The smallest absolute Gasteiger partial charge is 0.262 e. The lowest BCUT2D eigenvalue weighted by molar-refractivity contribution is -0.118. The second kappa shape index (κ2) is 8.60. The van der Waals surface area contributed by atoms with Crippen LogP contribution in [0.15, 0.2) is 46.2 Å². The van der Waals surface area contributed by atoms with E-state index in [9.17, 15) is 21.6 Å². The van der Waals surface area contributed by atoms with E-state index in [0.29, 0.717) is 18.8 Å². The predicted molar refractivity (Wildman–Crippen MR) is 117 cm³/mol. The fourth-order valence-electron chi connectivity index (χ4n) is 3.63. The molecule has 2 aliphatic heterocycles. The van der Waals surface area contributed by atoms with Gasteiger partial charge in [0.1, 0.15) is 16.4 Å². The van der Waals surface area contributed by atoms with Crippen molar-refractivity contribution in [1.29, 1.82) is 0 Å². The number of anilines is 2. The van der Waals surface area contributed by atoms with Gasteiger partial charge in [-0.1, -0.05) is 6.42 Å². The van der Waals surface area contributed by atoms with Crippen LogP contribution in [0.5, 0.6) is 11.5 Å². The number of nitrogens with zero attached hydrogens (tertiary/aromatic N) is 1. The average Bonchev–Trinajstić information content (AvgIpc) is 2.79. The highest BCUT2D eigenvalue weighted by Crippen LogP contribution is 2.33. The van der Waals surface area contributed by atoms with Gasteiger partial charge >= 0.3 is 0 Å². The number of carbonyl (C=O) groups excluding carboxylic acids is 1. The lowest BCUT2D eigenvalue weighted by atomic mass is 10.2. The molecular weight excluding hydrogens is 458 g/mol. The quantitative estimate of drug-likeness (QED) is 0.645. The summed E-state index contributed by atoms with van der Waals surface area (Å²) >= 11 is 0. The van der Waals surface area contributed by atoms with Crippen molar-refractivity contribution >= 4 is 37.3 Å². The zero-order valence-corrected chi connectivity index (χ0v) is 19.0. The van der Waals surface area contributed by atoms with Crippen molar-refractivity contribution in [2.24, 2.45) is 0 Å². The van der Waals surface area contributed by atoms with Crippen LogP contribution in [0, 0.1) is 0 Å². The molecule has 0 atom stereocenters. The largest absolute Gasteiger partial charge is 0.495 e. The topological polar surface area (TPSA) is 131 Å². The number of ether oxygens (including phenoxy) is 2. The van der Waals surface area contributed by atoms with Crippen molar-refractivity contribution in [3.8, 4) is 11.5 Å². The number of fused-ring (bicyclic) bond motifs is 1. The Bertz CT molecular complexity index is 1250. The number of nitrogens with one attached hydrogen (secondary N) is 2. The monoisotopic (exact) mass is 481 g/mol. The molecular formula is C20H23N3O7S2. The summed E-state index contributed by atoms with van der Waals surface area (Å²) in [5.41, 5.74) is 0.312. The van der Waals surface area contributed by atoms with Crippen molar-refractivity contribution in [3.05, 3.63) is 36.4 Å². The summed E-state index contributed by atoms with van der Waals surface area (Å²) in [5, 5.41) is 2.56. The molecule has 0 aliphatic carbocycles. The molecule has 0 unspecified atom stereocenters. The Morgan fingerprint density at radius 1 is 1.03 bits per heavy atom. The second-order valence-electron chi connectivity index (χ2n) is 7.43. The third-order valence-corrected chi connectivity index (χ3v) is 8.54. The number of methoxy groups -OCH3 is 1. The van der Waals surface area contributed by atoms with E-state index in [1.54, 1.807) is 0 Å². The van der Waals surface area contributed by atoms with Crippen LogP contribution in [-0.2, 0) is 24.8 Å². The number of hydrogen-bond acceptors (Lipinski definition) is 7. The molecule has 1 saturated heterocycles. The number of amides is 1. The van der Waals surface area contributed by atoms with Gasteiger partial charge in [-0.2, -0.15) is 4.31 Å². The van der Waals surface area contributed by atoms with Crippen LogP contribution in [0.4, 0.5) is 11.4 Å². The molecule has 1 fully saturated rings. The van der Waals surface area contributed by atoms with E-state index < -0.39 is 20.0 Å². The van der Waals surface area contributed by atoms with Gasteiger partial charge in [0.25, 0.3) is 15.9 Å². The lowest BCUT2D eigenvalue weighted by Gasteiger charge is -2.26. The molecule has 0 aromatic heterocycles. The minimum absolute atomic E-state index is 0.0689. The molecule has 2 aromatic carbocycles. The van der Waals surface area contributed by atoms with E-state index in [1.165, 1.54) is 47.8 Å². The second-order valence-corrected chi connectivity index (χ2v) is 11.0. The Balaban J connectivity index is 1.65. The summed E-state index contributed by atoms with van der Waals surface area (Å²) in [5.74, 6) is 0.109. The molecule has 0 saturated carbocycles. The van der Waals surface area contributed by atoms with E-state index in [2.05, 4.69) is 10.0 Å². The summed E-state index contributed by atoms with van der Waals surface area (Å²) in [6.07, 6.45) is 2.51. The fourth-order valence-corrected chi connectivity index (χ4v) is 6.40. The predicted octanol–water partition coefficient (Wildman–Crippen LogP) is 2.00. The third kappa shape index (κ3) is 4.38. The van der Waals surface area contributed by atoms with Crippen LogP contribution in [0.2, 0.25) is 0 Å². The maximum absolute atomic E-state index is 13.2. The lowest BCUT2D eigenvalue weighted by Crippen LogP contribution is -2.35. The van der Waals surface area contributed by atoms with Gasteiger partial charge in [-0.3, -0.25) is 9.52 Å². The maximum Gasteiger partial charge on any atom is 0.262 e. The van der Waals surface area contributed by atoms with Gasteiger partial charge in [-0.25, -0.2) is 16.8 Å². The Morgan fingerprint density at radius 2 is 1.78 bits per heavy atom. The number of piperidine rings is 1. The van der Waals surface area contributed by atoms with Gasteiger partial charge in [0.15, 0.2) is 6.61 Å². The molecule has 2 aliphatic rings. The van der Waals surface area contributed by atoms with Gasteiger partial charge in [-0.15, -0.1) is 0 Å². The minimum Gasteiger partial charge on any atom is -0.495 e. The van der Waals surface area contributed by atoms with Crippen LogP contribution in [0.25, 0.3) is 0 Å². The van der Waals surface area contributed by atoms with Gasteiger partial charge < -0.3 is 14.8 Å². The summed E-state index contributed by atoms with van der Waals surface area (Å²) in [6, 6.07) is 8.16. The number of hydrogen-bond donors (Lipinski definition) is 2. The Kier molecular flexibility index (Phi) is 6.01. The van der Waals surface area contributed by atoms with E-state index in [1.807, 2.05) is 0 Å². The van der Waals surface area contributed by atoms with Crippen molar-refractivity contribution in [2.45, 2.75) is 29.1 Å². The van der Waals surface area contributed by atoms with Crippen molar-refractivity contribution in [3.63, 3.8) is 0 Å². The number of carbonyl (C=O) groups is 1. The standard InChI is InChI=1S/C20H23N3O7S2/c1-29-18-7-5-14(11-19(18)32(27,28)23-9-3-2-4-10-23)22-31(25,26)15-6-8-17-16(12-15)21-20(24)13-30-17/h5-8,11-12,22H,2-4,9-10,13H2,1H3,(H,21,24). The SMILES string of the molecule is COc1ccc(NS(=O)(=O)c2ccc3c(c2)NC(=O)CO3)cc1S(=O)(=O)N1CCCCC1. The van der Waals surface area contributed by atoms with Crippen LogP contribution in [0.1, 0.15) is 19.3 Å². The molecule has 172 valence electrons. The first-order valence-electron chi connectivity index (χ1n) is 9.98. The number of benzene rings is 2. The van der Waals surface area contributed by atoms with Crippen LogP contribution in [-0.4, -0.2) is 53.9 Å². The molecule has 32 heavy (non-hydrogen) atoms. The van der Waals surface area contributed by atoms with Crippen LogP contribution >= 0.6 is 0 Å². The highest BCUT2D eigenvalue weighted by atomic mass is 32.2. The molecule has 1 amide bonds. The summed E-state index contributed by atoms with van der Waals surface area (Å²) in [6.45, 7) is 0.673. The molecule has 2 heterocycles. The molecule has 0 bridgehead atoms. The summed E-state index contributed by atoms with van der Waals surface area (Å²) in [7, 11) is -6.57. The average molecular weight is 482 g/mol. The van der Waals surface area contributed by atoms with E-state index in [0.717, 1.165) is 19.3 Å². The molecule has 4 rings (SSSR count). The van der Waals surface area contributed by atoms with Gasteiger partial charge in [0.2, 0.25) is 10.0 Å². The van der Waals surface area contributed by atoms with E-state index in [-0.39, 0.29) is 39.4 Å². The highest BCUT2D eigenvalue weighted by molar-refractivity contribution is 7.92. The maximum atomic E-state index is 13.2.